The Morgan fingerprint density at radius 3 is 2.45 bits per heavy atom. The van der Waals surface area contributed by atoms with Crippen molar-refractivity contribution in [1.29, 1.82) is 0 Å². The van der Waals surface area contributed by atoms with Gasteiger partial charge in [0.15, 0.2) is 0 Å². The van der Waals surface area contributed by atoms with Crippen LogP contribution in [0.25, 0.3) is 0 Å². The van der Waals surface area contributed by atoms with Crippen molar-refractivity contribution >= 4 is 0 Å². The maximum Gasteiger partial charge on any atom is 0.118 e. The molecule has 1 nitrogen and oxygen atoms in total. The van der Waals surface area contributed by atoms with Crippen LogP contribution in [0.5, 0.6) is 0 Å². The third-order valence-electron chi connectivity index (χ3n) is 3.08. The Morgan fingerprint density at radius 2 is 2.18 bits per heavy atom. The van der Waals surface area contributed by atoms with Crippen LogP contribution in [0, 0.1) is 11.8 Å². The summed E-state index contributed by atoms with van der Waals surface area (Å²) in [6.45, 7) is 4.17. The first-order valence-electron chi connectivity index (χ1n) is 4.52. The molecule has 0 spiro atoms. The van der Waals surface area contributed by atoms with Gasteiger partial charge in [-0.15, -0.1) is 0 Å². The first kappa shape index (κ1) is 8.98. The van der Waals surface area contributed by atoms with Gasteiger partial charge in [-0.3, -0.25) is 0 Å². The molecule has 0 aromatic rings. The summed E-state index contributed by atoms with van der Waals surface area (Å²) < 4.78 is 13.4. The van der Waals surface area contributed by atoms with Gasteiger partial charge < -0.3 is 5.32 Å². The molecule has 0 aliphatic heterocycles. The summed E-state index contributed by atoms with van der Waals surface area (Å²) in [5.41, 5.74) is 0. The van der Waals surface area contributed by atoms with Crippen LogP contribution >= 0.6 is 0 Å². The lowest BCUT2D eigenvalue weighted by Crippen LogP contribution is -2.31. The number of nitrogens with one attached hydrogen (secondary N) is 1. The van der Waals surface area contributed by atoms with Gasteiger partial charge >= 0.3 is 0 Å². The Bertz CT molecular complexity index is 109. The molecule has 4 atom stereocenters. The average Bonchev–Trinajstić information content (AvgIpc) is 2.30. The minimum atomic E-state index is -0.634. The minimum Gasteiger partial charge on any atom is -0.314 e. The summed E-state index contributed by atoms with van der Waals surface area (Å²) in [5.74, 6) is 0.833. The molecule has 1 aliphatic rings. The summed E-state index contributed by atoms with van der Waals surface area (Å²) in [6.07, 6.45) is 1.49. The maximum atomic E-state index is 13.4. The second-order valence-corrected chi connectivity index (χ2v) is 3.60. The first-order valence-corrected chi connectivity index (χ1v) is 4.52. The van der Waals surface area contributed by atoms with E-state index in [2.05, 4.69) is 12.2 Å². The zero-order valence-electron chi connectivity index (χ0n) is 7.60. The predicted octanol–water partition coefficient (Wildman–Crippen LogP) is 1.98. The number of alkyl halides is 1. The van der Waals surface area contributed by atoms with Crippen molar-refractivity contribution in [2.45, 2.75) is 38.9 Å². The predicted molar refractivity (Wildman–Crippen MR) is 45.3 cm³/mol. The fourth-order valence-corrected chi connectivity index (χ4v) is 2.11. The highest BCUT2D eigenvalue weighted by Crippen LogP contribution is 2.35. The molecule has 1 fully saturated rings. The van der Waals surface area contributed by atoms with Crippen LogP contribution < -0.4 is 5.32 Å². The standard InChI is InChI=1S/C9H18FN/c1-4-7-5-8(11-3)9(10)6(7)2/h6-9,11H,4-5H2,1-3H3/t6-,7+,8-,9+/m1/s1. The number of hydrogen-bond acceptors (Lipinski definition) is 1. The van der Waals surface area contributed by atoms with Gasteiger partial charge in [-0.25, -0.2) is 4.39 Å². The van der Waals surface area contributed by atoms with E-state index in [1.807, 2.05) is 14.0 Å². The summed E-state index contributed by atoms with van der Waals surface area (Å²) >= 11 is 0. The molecule has 1 saturated carbocycles. The van der Waals surface area contributed by atoms with E-state index in [9.17, 15) is 4.39 Å². The fourth-order valence-electron chi connectivity index (χ4n) is 2.11. The van der Waals surface area contributed by atoms with Gasteiger partial charge in [0.25, 0.3) is 0 Å². The molecule has 1 rings (SSSR count). The van der Waals surface area contributed by atoms with Crippen molar-refractivity contribution < 1.29 is 4.39 Å². The average molecular weight is 159 g/mol. The van der Waals surface area contributed by atoms with Crippen molar-refractivity contribution in [2.24, 2.45) is 11.8 Å². The van der Waals surface area contributed by atoms with Gasteiger partial charge in [-0.2, -0.15) is 0 Å². The molecule has 0 radical (unpaired) electrons. The van der Waals surface area contributed by atoms with Crippen LogP contribution in [0.3, 0.4) is 0 Å². The molecule has 66 valence electrons. The molecule has 0 saturated heterocycles. The zero-order valence-corrected chi connectivity index (χ0v) is 7.60. The molecule has 0 unspecified atom stereocenters. The topological polar surface area (TPSA) is 12.0 Å². The lowest BCUT2D eigenvalue weighted by Gasteiger charge is -2.14. The largest absolute Gasteiger partial charge is 0.314 e. The number of hydrogen-bond donors (Lipinski definition) is 1. The van der Waals surface area contributed by atoms with E-state index in [0.717, 1.165) is 12.8 Å². The molecule has 0 aromatic heterocycles. The van der Waals surface area contributed by atoms with Crippen molar-refractivity contribution in [1.82, 2.24) is 5.32 Å². The Balaban J connectivity index is 2.53. The summed E-state index contributed by atoms with van der Waals surface area (Å²) in [6, 6.07) is 0.106. The maximum absolute atomic E-state index is 13.4. The van der Waals surface area contributed by atoms with Crippen molar-refractivity contribution in [3.8, 4) is 0 Å². The van der Waals surface area contributed by atoms with E-state index >= 15 is 0 Å². The van der Waals surface area contributed by atoms with Crippen molar-refractivity contribution in [3.05, 3.63) is 0 Å². The lowest BCUT2D eigenvalue weighted by atomic mass is 9.95. The quantitative estimate of drug-likeness (QED) is 0.649. The van der Waals surface area contributed by atoms with Crippen LogP contribution in [0.1, 0.15) is 26.7 Å². The molecular weight excluding hydrogens is 141 g/mol. The van der Waals surface area contributed by atoms with E-state index < -0.39 is 6.17 Å². The second kappa shape index (κ2) is 3.53. The molecule has 2 heteroatoms. The van der Waals surface area contributed by atoms with Gasteiger partial charge in [0.05, 0.1) is 0 Å². The van der Waals surface area contributed by atoms with Crippen LogP contribution in [-0.2, 0) is 0 Å². The fraction of sp³-hybridized carbons (Fsp3) is 1.00. The Morgan fingerprint density at radius 1 is 1.55 bits per heavy atom. The van der Waals surface area contributed by atoms with E-state index in [0.29, 0.717) is 5.92 Å². The molecule has 0 heterocycles. The van der Waals surface area contributed by atoms with Crippen LogP contribution in [-0.4, -0.2) is 19.3 Å². The number of halogens is 1. The highest BCUT2D eigenvalue weighted by Gasteiger charge is 2.38. The highest BCUT2D eigenvalue weighted by atomic mass is 19.1. The smallest absolute Gasteiger partial charge is 0.118 e. The molecule has 1 N–H and O–H groups in total. The van der Waals surface area contributed by atoms with E-state index in [4.69, 9.17) is 0 Å². The number of rotatable bonds is 2. The first-order chi connectivity index (χ1) is 5.20. The van der Waals surface area contributed by atoms with Crippen molar-refractivity contribution in [3.63, 3.8) is 0 Å². The van der Waals surface area contributed by atoms with E-state index in [1.165, 1.54) is 0 Å². The minimum absolute atomic E-state index is 0.106. The summed E-state index contributed by atoms with van der Waals surface area (Å²) in [5, 5.41) is 3.03. The highest BCUT2D eigenvalue weighted by molar-refractivity contribution is 4.92. The molecule has 11 heavy (non-hydrogen) atoms. The second-order valence-electron chi connectivity index (χ2n) is 3.60. The van der Waals surface area contributed by atoms with E-state index in [1.54, 1.807) is 0 Å². The van der Waals surface area contributed by atoms with Crippen molar-refractivity contribution in [2.75, 3.05) is 7.05 Å². The summed E-state index contributed by atoms with van der Waals surface area (Å²) in [7, 11) is 1.85. The van der Waals surface area contributed by atoms with Gasteiger partial charge in [0.1, 0.15) is 6.17 Å². The zero-order chi connectivity index (χ0) is 8.43. The lowest BCUT2D eigenvalue weighted by molar-refractivity contribution is 0.221. The Hall–Kier alpha value is -0.110. The Labute approximate surface area is 68.4 Å². The Kier molecular flexibility index (Phi) is 2.88. The summed E-state index contributed by atoms with van der Waals surface area (Å²) in [4.78, 5) is 0. The molecular formula is C9H18FN. The van der Waals surface area contributed by atoms with Gasteiger partial charge in [-0.05, 0) is 25.3 Å². The van der Waals surface area contributed by atoms with Gasteiger partial charge in [0.2, 0.25) is 0 Å². The van der Waals surface area contributed by atoms with Crippen LogP contribution in [0.2, 0.25) is 0 Å². The third-order valence-corrected chi connectivity index (χ3v) is 3.08. The van der Waals surface area contributed by atoms with Crippen LogP contribution in [0.4, 0.5) is 4.39 Å². The monoisotopic (exact) mass is 159 g/mol. The SMILES string of the molecule is CC[C@H]1C[C@@H](NC)[C@@H](F)[C@@H]1C. The van der Waals surface area contributed by atoms with Gasteiger partial charge in [0, 0.05) is 6.04 Å². The van der Waals surface area contributed by atoms with Gasteiger partial charge in [-0.1, -0.05) is 20.3 Å². The third kappa shape index (κ3) is 1.56. The van der Waals surface area contributed by atoms with E-state index in [-0.39, 0.29) is 12.0 Å². The normalized spacial score (nSPS) is 44.7. The molecule has 0 bridgehead atoms. The molecule has 0 aromatic carbocycles. The molecule has 0 amide bonds. The molecule has 1 aliphatic carbocycles. The van der Waals surface area contributed by atoms with Crippen LogP contribution in [0.15, 0.2) is 0 Å².